The molecule has 25 nitrogen and oxygen atoms in total. The van der Waals surface area contributed by atoms with E-state index in [1.807, 2.05) is 38.2 Å². The van der Waals surface area contributed by atoms with Gasteiger partial charge in [-0.1, -0.05) is 24.3 Å². The van der Waals surface area contributed by atoms with Crippen molar-refractivity contribution in [3.63, 3.8) is 0 Å². The zero-order valence-electron chi connectivity index (χ0n) is 43.8. The number of amides is 4. The van der Waals surface area contributed by atoms with E-state index in [9.17, 15) is 63.0 Å². The molecule has 0 spiro atoms. The number of carbonyl (C=O) groups excluding carboxylic acids is 6. The maximum absolute atomic E-state index is 12.9. The minimum atomic E-state index is -4.78. The molecule has 4 amide bonds. The van der Waals surface area contributed by atoms with Gasteiger partial charge in [-0.3, -0.25) is 46.9 Å². The standard InChI is InChI=1S/C48H80N4O21P2/c1-7-9-11-13-15-45(58)72-36(5)25-43(56)51-40(30-66-21-17-34(3)53)32-70-74(62,63)68-23-19-49-47(60)38-27-39(29-42(55)28-38)48(61)50-20-24-69-75(64,65)71-33-41(31-67-22-18-35(4)54)52-44(57)26-37(6)73-46(59)16-14-12-10-8-2/h7-10,27-29,34-37,40-41,53-55H,11-26,30-33H2,1-6H3,(H,49,60)(H,50,61)(H,51,56)(H,52,57)(H,62,63)(H,64,65)/b9-7-,10-8-/t34-,35-,36-,37-,40?,41?/m1/s1. The Morgan fingerprint density at radius 3 is 1.33 bits per heavy atom. The molecule has 8 atom stereocenters. The van der Waals surface area contributed by atoms with Crippen LogP contribution in [-0.2, 0) is 65.4 Å². The third-order valence-corrected chi connectivity index (χ3v) is 11.9. The van der Waals surface area contributed by atoms with Crippen LogP contribution in [0.4, 0.5) is 0 Å². The van der Waals surface area contributed by atoms with E-state index in [4.69, 9.17) is 37.0 Å². The first-order valence-corrected chi connectivity index (χ1v) is 27.8. The number of esters is 2. The highest BCUT2D eigenvalue weighted by atomic mass is 31.2. The first-order valence-electron chi connectivity index (χ1n) is 24.8. The van der Waals surface area contributed by atoms with Crippen molar-refractivity contribution >= 4 is 51.2 Å². The molecule has 0 bridgehead atoms. The first kappa shape index (κ1) is 68.4. The van der Waals surface area contributed by atoms with Gasteiger partial charge in [-0.15, -0.1) is 0 Å². The summed E-state index contributed by atoms with van der Waals surface area (Å²) in [7, 11) is -9.57. The summed E-state index contributed by atoms with van der Waals surface area (Å²) in [5.41, 5.74) is -0.392. The van der Waals surface area contributed by atoms with Crippen molar-refractivity contribution in [1.82, 2.24) is 21.3 Å². The second-order valence-electron chi connectivity index (χ2n) is 17.4. The summed E-state index contributed by atoms with van der Waals surface area (Å²) in [6, 6.07) is 1.27. The van der Waals surface area contributed by atoms with Gasteiger partial charge in [0, 0.05) is 50.3 Å². The third kappa shape index (κ3) is 36.1. The maximum Gasteiger partial charge on any atom is 0.472 e. The average Bonchev–Trinajstić information content (AvgIpc) is 3.32. The number of hydrogen-bond acceptors (Lipinski definition) is 19. The number of phenols is 1. The van der Waals surface area contributed by atoms with E-state index in [1.54, 1.807) is 27.7 Å². The molecule has 0 heterocycles. The van der Waals surface area contributed by atoms with Crippen molar-refractivity contribution in [2.24, 2.45) is 0 Å². The Kier molecular flexibility index (Phi) is 35.4. The molecule has 1 aromatic rings. The monoisotopic (exact) mass is 1110 g/mol. The number of nitrogens with one attached hydrogen (secondary N) is 4. The number of phosphoric acid groups is 2. The number of ether oxygens (including phenoxy) is 4. The van der Waals surface area contributed by atoms with Gasteiger partial charge in [-0.2, -0.15) is 0 Å². The summed E-state index contributed by atoms with van der Waals surface area (Å²) in [5.74, 6) is -4.18. The van der Waals surface area contributed by atoms with Crippen molar-refractivity contribution in [2.75, 3.05) is 65.9 Å². The predicted octanol–water partition coefficient (Wildman–Crippen LogP) is 3.80. The van der Waals surface area contributed by atoms with Gasteiger partial charge in [0.1, 0.15) is 18.0 Å². The van der Waals surface area contributed by atoms with Gasteiger partial charge in [-0.05, 0) is 98.3 Å². The van der Waals surface area contributed by atoms with Crippen LogP contribution in [0.2, 0.25) is 0 Å². The molecule has 0 radical (unpaired) electrons. The molecule has 4 unspecified atom stereocenters. The summed E-state index contributed by atoms with van der Waals surface area (Å²) in [6.07, 6.45) is 7.76. The molecule has 1 rings (SSSR count). The molecule has 27 heteroatoms. The molecule has 0 fully saturated rings. The number of hydrogen-bond donors (Lipinski definition) is 9. The Morgan fingerprint density at radius 2 is 0.973 bits per heavy atom. The number of phenolic OH excluding ortho intramolecular Hbond substituents is 1. The Labute approximate surface area is 439 Å². The molecule has 0 saturated heterocycles. The minimum Gasteiger partial charge on any atom is -0.508 e. The van der Waals surface area contributed by atoms with E-state index < -0.39 is 120 Å². The third-order valence-electron chi connectivity index (χ3n) is 9.92. The van der Waals surface area contributed by atoms with Crippen LogP contribution in [0.15, 0.2) is 42.5 Å². The summed E-state index contributed by atoms with van der Waals surface area (Å²) in [5, 5.41) is 39.4. The Hall–Kier alpha value is -4.62. The van der Waals surface area contributed by atoms with Crippen LogP contribution in [0.1, 0.15) is 126 Å². The number of aromatic hydroxyl groups is 1. The summed E-state index contributed by atoms with van der Waals surface area (Å²) in [4.78, 5) is 96.3. The van der Waals surface area contributed by atoms with Gasteiger partial charge in [0.15, 0.2) is 0 Å². The quantitative estimate of drug-likeness (QED) is 0.0194. The summed E-state index contributed by atoms with van der Waals surface area (Å²) < 4.78 is 67.1. The summed E-state index contributed by atoms with van der Waals surface area (Å²) >= 11 is 0. The van der Waals surface area contributed by atoms with Crippen molar-refractivity contribution in [2.45, 2.75) is 142 Å². The van der Waals surface area contributed by atoms with Crippen LogP contribution >= 0.6 is 15.6 Å². The fourth-order valence-corrected chi connectivity index (χ4v) is 7.73. The number of unbranched alkanes of at least 4 members (excludes halogenated alkanes) is 2. The highest BCUT2D eigenvalue weighted by Gasteiger charge is 2.27. The Bertz CT molecular complexity index is 1900. The second-order valence-corrected chi connectivity index (χ2v) is 20.3. The lowest BCUT2D eigenvalue weighted by Crippen LogP contribution is -2.42. The molecule has 0 aliphatic rings. The molecule has 9 N–H and O–H groups in total. The molecule has 0 saturated carbocycles. The van der Waals surface area contributed by atoms with Crippen molar-refractivity contribution in [3.05, 3.63) is 53.6 Å². The highest BCUT2D eigenvalue weighted by Crippen LogP contribution is 2.43. The van der Waals surface area contributed by atoms with E-state index in [0.717, 1.165) is 18.2 Å². The molecule has 0 aromatic heterocycles. The maximum atomic E-state index is 12.9. The lowest BCUT2D eigenvalue weighted by molar-refractivity contribution is -0.151. The van der Waals surface area contributed by atoms with Gasteiger partial charge in [-0.25, -0.2) is 9.13 Å². The zero-order chi connectivity index (χ0) is 56.2. The van der Waals surface area contributed by atoms with Gasteiger partial charge >= 0.3 is 27.6 Å². The largest absolute Gasteiger partial charge is 0.508 e. The van der Waals surface area contributed by atoms with E-state index in [0.29, 0.717) is 25.7 Å². The molecule has 0 aliphatic heterocycles. The molecule has 75 heavy (non-hydrogen) atoms. The van der Waals surface area contributed by atoms with Crippen LogP contribution in [0.25, 0.3) is 0 Å². The SMILES string of the molecule is C/C=C\CCCC(=O)O[C@H](C)CC(=O)NC(COCC[C@@H](C)O)COP(=O)(O)OCCNC(=O)c1cc(O)cc(C(=O)NCCOP(=O)(O)OCC(COCC[C@@H](C)O)NC(=O)C[C@@H](C)OC(=O)CCC/C=C\C)c1. The smallest absolute Gasteiger partial charge is 0.472 e. The van der Waals surface area contributed by atoms with E-state index >= 15 is 0 Å². The highest BCUT2D eigenvalue weighted by molar-refractivity contribution is 7.47. The van der Waals surface area contributed by atoms with E-state index in [1.165, 1.54) is 0 Å². The van der Waals surface area contributed by atoms with Gasteiger partial charge in [0.05, 0.1) is 76.8 Å². The van der Waals surface area contributed by atoms with Crippen LogP contribution in [-0.4, -0.2) is 163 Å². The van der Waals surface area contributed by atoms with Crippen LogP contribution in [0, 0.1) is 0 Å². The average molecular weight is 1110 g/mol. The van der Waals surface area contributed by atoms with Gasteiger partial charge < -0.3 is 65.3 Å². The topological polar surface area (TPSA) is 360 Å². The Morgan fingerprint density at radius 1 is 0.587 bits per heavy atom. The number of allylic oxidation sites excluding steroid dienone is 4. The number of phosphoric ester groups is 2. The van der Waals surface area contributed by atoms with Crippen LogP contribution in [0.3, 0.4) is 0 Å². The second kappa shape index (κ2) is 38.8. The molecule has 1 aromatic carbocycles. The lowest BCUT2D eigenvalue weighted by Gasteiger charge is -2.22. The minimum absolute atomic E-state index is 0.101. The fourth-order valence-electron chi connectivity index (χ4n) is 6.20. The predicted molar refractivity (Wildman–Crippen MR) is 272 cm³/mol. The number of carbonyl (C=O) groups is 6. The summed E-state index contributed by atoms with van der Waals surface area (Å²) in [6.45, 7) is 6.88. The van der Waals surface area contributed by atoms with E-state index in [-0.39, 0.29) is 89.2 Å². The molecular formula is C48H80N4O21P2. The fraction of sp³-hybridized carbons (Fsp3) is 0.667. The van der Waals surface area contributed by atoms with Crippen molar-refractivity contribution in [3.8, 4) is 5.75 Å². The van der Waals surface area contributed by atoms with Crippen molar-refractivity contribution in [1.29, 1.82) is 0 Å². The molecule has 428 valence electrons. The van der Waals surface area contributed by atoms with Gasteiger partial charge in [0.25, 0.3) is 11.8 Å². The van der Waals surface area contributed by atoms with Crippen LogP contribution in [0.5, 0.6) is 5.75 Å². The molecule has 0 aliphatic carbocycles. The first-order chi connectivity index (χ1) is 35.4. The van der Waals surface area contributed by atoms with Crippen molar-refractivity contribution < 1.29 is 100 Å². The van der Waals surface area contributed by atoms with Crippen LogP contribution < -0.4 is 21.3 Å². The lowest BCUT2D eigenvalue weighted by atomic mass is 10.1. The molecular weight excluding hydrogens is 1030 g/mol. The Balaban J connectivity index is 2.70. The number of aliphatic hydroxyl groups is 2. The normalized spacial score (nSPS) is 15.7. The number of aliphatic hydroxyl groups excluding tert-OH is 2. The van der Waals surface area contributed by atoms with Gasteiger partial charge in [0.2, 0.25) is 11.8 Å². The van der Waals surface area contributed by atoms with E-state index in [2.05, 4.69) is 21.3 Å². The zero-order valence-corrected chi connectivity index (χ0v) is 45.6. The number of benzene rings is 1. The number of rotatable bonds is 42.